The zero-order valence-electron chi connectivity index (χ0n) is 11.5. The van der Waals surface area contributed by atoms with E-state index in [4.69, 9.17) is 0 Å². The Morgan fingerprint density at radius 2 is 1.39 bits per heavy atom. The second kappa shape index (κ2) is 4.67. The van der Waals surface area contributed by atoms with Gasteiger partial charge in [0.15, 0.2) is 0 Å². The lowest BCUT2D eigenvalue weighted by Crippen LogP contribution is -2.48. The maximum Gasteiger partial charge on any atom is -0.00145 e. The maximum absolute atomic E-state index is 3.82. The lowest BCUT2D eigenvalue weighted by molar-refractivity contribution is -0.0356. The van der Waals surface area contributed by atoms with Crippen LogP contribution in [0.3, 0.4) is 0 Å². The van der Waals surface area contributed by atoms with Crippen molar-refractivity contribution in [3.63, 3.8) is 0 Å². The molecule has 5 aliphatic carbocycles. The predicted octanol–water partition coefficient (Wildman–Crippen LogP) is 3.61. The van der Waals surface area contributed by atoms with Gasteiger partial charge in [-0.1, -0.05) is 12.2 Å². The summed E-state index contributed by atoms with van der Waals surface area (Å²) < 4.78 is 0. The summed E-state index contributed by atoms with van der Waals surface area (Å²) in [6.07, 6.45) is 15.2. The van der Waals surface area contributed by atoms with Gasteiger partial charge in [-0.15, -0.1) is 0 Å². The van der Waals surface area contributed by atoms with Crippen LogP contribution < -0.4 is 5.32 Å². The molecule has 4 bridgehead atoms. The Kier molecular flexibility index (Phi) is 2.99. The van der Waals surface area contributed by atoms with Crippen LogP contribution in [0.2, 0.25) is 0 Å². The molecule has 18 heavy (non-hydrogen) atoms. The van der Waals surface area contributed by atoms with Crippen LogP contribution in [-0.2, 0) is 0 Å². The van der Waals surface area contributed by atoms with Crippen LogP contribution >= 0.6 is 0 Å². The fraction of sp³-hybridized carbons (Fsp3) is 0.882. The number of nitrogens with one attached hydrogen (secondary N) is 1. The molecular formula is C17H27N. The monoisotopic (exact) mass is 245 g/mol. The number of hydrogen-bond donors (Lipinski definition) is 1. The highest BCUT2D eigenvalue weighted by Crippen LogP contribution is 2.56. The van der Waals surface area contributed by atoms with Crippen LogP contribution in [0.5, 0.6) is 0 Å². The third kappa shape index (κ3) is 2.05. The summed E-state index contributed by atoms with van der Waals surface area (Å²) >= 11 is 0. The van der Waals surface area contributed by atoms with Crippen LogP contribution in [0.1, 0.15) is 44.9 Å². The third-order valence-electron chi connectivity index (χ3n) is 6.34. The van der Waals surface area contributed by atoms with Crippen molar-refractivity contribution in [2.75, 3.05) is 13.1 Å². The van der Waals surface area contributed by atoms with Crippen molar-refractivity contribution in [2.45, 2.75) is 44.9 Å². The van der Waals surface area contributed by atoms with E-state index in [1.165, 1.54) is 25.9 Å². The van der Waals surface area contributed by atoms with Crippen molar-refractivity contribution < 1.29 is 0 Å². The first kappa shape index (κ1) is 11.5. The molecule has 5 rings (SSSR count). The van der Waals surface area contributed by atoms with Crippen molar-refractivity contribution in [2.24, 2.45) is 35.5 Å². The minimum Gasteiger partial charge on any atom is -0.316 e. The molecule has 0 spiro atoms. The average Bonchev–Trinajstić information content (AvgIpc) is 2.85. The molecule has 0 amide bonds. The number of rotatable bonds is 4. The molecular weight excluding hydrogens is 218 g/mol. The Morgan fingerprint density at radius 3 is 2.00 bits per heavy atom. The molecule has 0 heterocycles. The molecule has 4 fully saturated rings. The van der Waals surface area contributed by atoms with Crippen molar-refractivity contribution in [3.8, 4) is 0 Å². The first-order chi connectivity index (χ1) is 8.88. The van der Waals surface area contributed by atoms with Crippen LogP contribution in [0.4, 0.5) is 0 Å². The quantitative estimate of drug-likeness (QED) is 0.746. The zero-order chi connectivity index (χ0) is 11.9. The molecule has 4 saturated carbocycles. The summed E-state index contributed by atoms with van der Waals surface area (Å²) in [6, 6.07) is 0. The van der Waals surface area contributed by atoms with Gasteiger partial charge in [0.25, 0.3) is 0 Å². The van der Waals surface area contributed by atoms with Crippen molar-refractivity contribution in [1.29, 1.82) is 0 Å². The summed E-state index contributed by atoms with van der Waals surface area (Å²) in [6.45, 7) is 2.58. The van der Waals surface area contributed by atoms with Gasteiger partial charge in [0.05, 0.1) is 0 Å². The standard InChI is InChI=1S/C17H27N/c1-2-4-12(3-1)10-18-11-17-15-6-13-5-14(8-15)9-16(17)7-13/h1-2,12-18H,3-11H2. The highest BCUT2D eigenvalue weighted by atomic mass is 14.9. The van der Waals surface area contributed by atoms with E-state index in [2.05, 4.69) is 17.5 Å². The van der Waals surface area contributed by atoms with Crippen molar-refractivity contribution >= 4 is 0 Å². The second-order valence-electron chi connectivity index (χ2n) is 7.56. The van der Waals surface area contributed by atoms with Gasteiger partial charge in [0.2, 0.25) is 0 Å². The normalized spacial score (nSPS) is 46.1. The van der Waals surface area contributed by atoms with E-state index in [1.807, 2.05) is 0 Å². The Balaban J connectivity index is 1.29. The van der Waals surface area contributed by atoms with Gasteiger partial charge >= 0.3 is 0 Å². The maximum atomic E-state index is 3.82. The summed E-state index contributed by atoms with van der Waals surface area (Å²) in [4.78, 5) is 0. The molecule has 0 aromatic heterocycles. The summed E-state index contributed by atoms with van der Waals surface area (Å²) in [5.41, 5.74) is 0. The van der Waals surface area contributed by atoms with E-state index >= 15 is 0 Å². The van der Waals surface area contributed by atoms with Gasteiger partial charge in [-0.25, -0.2) is 0 Å². The van der Waals surface area contributed by atoms with Gasteiger partial charge in [-0.3, -0.25) is 0 Å². The fourth-order valence-corrected chi connectivity index (χ4v) is 5.67. The first-order valence-electron chi connectivity index (χ1n) is 8.24. The van der Waals surface area contributed by atoms with E-state index in [9.17, 15) is 0 Å². The van der Waals surface area contributed by atoms with Gasteiger partial charge in [-0.2, -0.15) is 0 Å². The van der Waals surface area contributed by atoms with Gasteiger partial charge < -0.3 is 5.32 Å². The minimum atomic E-state index is 0.904. The summed E-state index contributed by atoms with van der Waals surface area (Å²) in [5, 5.41) is 3.82. The van der Waals surface area contributed by atoms with Crippen LogP contribution in [0.15, 0.2) is 12.2 Å². The summed E-state index contributed by atoms with van der Waals surface area (Å²) in [5.74, 6) is 6.38. The molecule has 100 valence electrons. The molecule has 0 radical (unpaired) electrons. The Hall–Kier alpha value is -0.300. The van der Waals surface area contributed by atoms with E-state index < -0.39 is 0 Å². The molecule has 0 aromatic carbocycles. The molecule has 1 heteroatoms. The van der Waals surface area contributed by atoms with Crippen LogP contribution in [-0.4, -0.2) is 13.1 Å². The molecule has 0 atom stereocenters. The van der Waals surface area contributed by atoms with Crippen LogP contribution in [0, 0.1) is 35.5 Å². The smallest absolute Gasteiger partial charge is 0.00145 e. The molecule has 1 nitrogen and oxygen atoms in total. The van der Waals surface area contributed by atoms with E-state index in [0.29, 0.717) is 0 Å². The topological polar surface area (TPSA) is 12.0 Å². The fourth-order valence-electron chi connectivity index (χ4n) is 5.67. The molecule has 1 N–H and O–H groups in total. The highest BCUT2D eigenvalue weighted by Gasteiger charge is 2.47. The molecule has 5 aliphatic rings. The third-order valence-corrected chi connectivity index (χ3v) is 6.34. The molecule has 0 aliphatic heterocycles. The summed E-state index contributed by atoms with van der Waals surface area (Å²) in [7, 11) is 0. The highest BCUT2D eigenvalue weighted by molar-refractivity contribution is 4.99. The van der Waals surface area contributed by atoms with E-state index in [0.717, 1.165) is 35.5 Å². The Morgan fingerprint density at radius 1 is 0.778 bits per heavy atom. The van der Waals surface area contributed by atoms with E-state index in [-0.39, 0.29) is 0 Å². The Labute approximate surface area is 111 Å². The SMILES string of the molecule is C1=CCC(CNCC2C3CC4CC(C3)CC2C4)C1. The van der Waals surface area contributed by atoms with Gasteiger partial charge in [0, 0.05) is 0 Å². The Bertz CT molecular complexity index is 297. The van der Waals surface area contributed by atoms with Crippen molar-refractivity contribution in [1.82, 2.24) is 5.32 Å². The largest absolute Gasteiger partial charge is 0.316 e. The first-order valence-corrected chi connectivity index (χ1v) is 8.24. The zero-order valence-corrected chi connectivity index (χ0v) is 11.5. The van der Waals surface area contributed by atoms with E-state index in [1.54, 1.807) is 32.1 Å². The van der Waals surface area contributed by atoms with Gasteiger partial charge in [0.1, 0.15) is 0 Å². The number of allylic oxidation sites excluding steroid dienone is 2. The lowest BCUT2D eigenvalue weighted by Gasteiger charge is -2.54. The molecule has 0 aromatic rings. The van der Waals surface area contributed by atoms with Crippen molar-refractivity contribution in [3.05, 3.63) is 12.2 Å². The van der Waals surface area contributed by atoms with Gasteiger partial charge in [-0.05, 0) is 93.5 Å². The second-order valence-corrected chi connectivity index (χ2v) is 7.56. The predicted molar refractivity (Wildman–Crippen MR) is 75.3 cm³/mol. The average molecular weight is 245 g/mol. The molecule has 0 saturated heterocycles. The lowest BCUT2D eigenvalue weighted by atomic mass is 9.52. The van der Waals surface area contributed by atoms with Crippen LogP contribution in [0.25, 0.3) is 0 Å². The molecule has 0 unspecified atom stereocenters. The number of hydrogen-bond acceptors (Lipinski definition) is 1. The minimum absolute atomic E-state index is 0.904.